The molecule has 1 fully saturated rings. The Bertz CT molecular complexity index is 844. The van der Waals surface area contributed by atoms with E-state index in [1.54, 1.807) is 17.2 Å². The highest BCUT2D eigenvalue weighted by molar-refractivity contribution is 9.10. The Morgan fingerprint density at radius 3 is 2.52 bits per heavy atom. The maximum Gasteiger partial charge on any atom is 0.217 e. The molecule has 1 aromatic carbocycles. The van der Waals surface area contributed by atoms with Crippen molar-refractivity contribution in [1.82, 2.24) is 19.7 Å². The van der Waals surface area contributed by atoms with Gasteiger partial charge in [0.15, 0.2) is 0 Å². The molecule has 3 aromatic rings. The number of hydrogen-bond donors (Lipinski definition) is 1. The van der Waals surface area contributed by atoms with Crippen molar-refractivity contribution in [2.24, 2.45) is 0 Å². The average Bonchev–Trinajstić information content (AvgIpc) is 3.10. The molecule has 25 heavy (non-hydrogen) atoms. The number of rotatable bonds is 4. The zero-order valence-corrected chi connectivity index (χ0v) is 15.1. The van der Waals surface area contributed by atoms with Crippen LogP contribution in [0, 0.1) is 0 Å². The van der Waals surface area contributed by atoms with E-state index in [1.807, 2.05) is 12.1 Å². The smallest absolute Gasteiger partial charge is 0.217 e. The zero-order valence-electron chi connectivity index (χ0n) is 13.5. The zero-order chi connectivity index (χ0) is 17.1. The largest absolute Gasteiger partial charge is 0.378 e. The molecule has 4 rings (SSSR count). The second-order valence-electron chi connectivity index (χ2n) is 5.63. The predicted molar refractivity (Wildman–Crippen MR) is 99.6 cm³/mol. The molecule has 1 N–H and O–H groups in total. The summed E-state index contributed by atoms with van der Waals surface area (Å²) in [5.41, 5.74) is 3.09. The van der Waals surface area contributed by atoms with Crippen LogP contribution in [0.15, 0.2) is 53.7 Å². The summed E-state index contributed by atoms with van der Waals surface area (Å²) in [7, 11) is 0. The van der Waals surface area contributed by atoms with E-state index >= 15 is 0 Å². The molecule has 2 aromatic heterocycles. The van der Waals surface area contributed by atoms with E-state index in [0.717, 1.165) is 43.5 Å². The first-order valence-electron chi connectivity index (χ1n) is 8.01. The summed E-state index contributed by atoms with van der Waals surface area (Å²) in [6.45, 7) is 3.44. The lowest BCUT2D eigenvalue weighted by Gasteiger charge is -2.28. The number of anilines is 3. The van der Waals surface area contributed by atoms with Crippen molar-refractivity contribution >= 4 is 33.1 Å². The van der Waals surface area contributed by atoms with E-state index < -0.39 is 0 Å². The Hall–Kier alpha value is -2.45. The minimum absolute atomic E-state index is 0.553. The van der Waals surface area contributed by atoms with Crippen LogP contribution in [-0.4, -0.2) is 46.1 Å². The fourth-order valence-corrected chi connectivity index (χ4v) is 2.98. The number of nitrogens with zero attached hydrogens (tertiary/aromatic N) is 5. The molecule has 1 saturated heterocycles. The minimum Gasteiger partial charge on any atom is -0.378 e. The van der Waals surface area contributed by atoms with Crippen LogP contribution < -0.4 is 10.2 Å². The molecule has 8 heteroatoms. The average molecular weight is 401 g/mol. The number of ether oxygens (including phenoxy) is 1. The lowest BCUT2D eigenvalue weighted by atomic mass is 10.2. The molecule has 3 heterocycles. The van der Waals surface area contributed by atoms with Gasteiger partial charge in [-0.25, -0.2) is 14.6 Å². The van der Waals surface area contributed by atoms with Crippen LogP contribution in [0.3, 0.4) is 0 Å². The van der Waals surface area contributed by atoms with Crippen molar-refractivity contribution in [1.29, 1.82) is 0 Å². The molecule has 0 bridgehead atoms. The highest BCUT2D eigenvalue weighted by atomic mass is 79.9. The van der Waals surface area contributed by atoms with Crippen LogP contribution in [0.25, 0.3) is 5.69 Å². The molecule has 0 saturated carbocycles. The number of halogens is 1. The van der Waals surface area contributed by atoms with E-state index in [0.29, 0.717) is 4.73 Å². The third kappa shape index (κ3) is 3.80. The van der Waals surface area contributed by atoms with Gasteiger partial charge in [-0.15, -0.1) is 5.10 Å². The second kappa shape index (κ2) is 7.20. The summed E-state index contributed by atoms with van der Waals surface area (Å²) in [4.78, 5) is 10.8. The van der Waals surface area contributed by atoms with Crippen molar-refractivity contribution in [3.8, 4) is 5.69 Å². The van der Waals surface area contributed by atoms with Crippen molar-refractivity contribution in [2.75, 3.05) is 36.5 Å². The highest BCUT2D eigenvalue weighted by Crippen LogP contribution is 2.22. The number of hydrogen-bond acceptors (Lipinski definition) is 6. The van der Waals surface area contributed by atoms with E-state index in [4.69, 9.17) is 4.74 Å². The molecule has 0 atom stereocenters. The molecule has 0 spiro atoms. The third-order valence-electron chi connectivity index (χ3n) is 3.99. The van der Waals surface area contributed by atoms with Crippen LogP contribution in [0.1, 0.15) is 0 Å². The van der Waals surface area contributed by atoms with Gasteiger partial charge in [-0.2, -0.15) is 0 Å². The highest BCUT2D eigenvalue weighted by Gasteiger charge is 2.11. The van der Waals surface area contributed by atoms with Gasteiger partial charge in [-0.3, -0.25) is 0 Å². The quantitative estimate of drug-likeness (QED) is 0.725. The van der Waals surface area contributed by atoms with Crippen LogP contribution in [-0.2, 0) is 4.74 Å². The number of morpholine rings is 1. The second-order valence-corrected chi connectivity index (χ2v) is 6.34. The van der Waals surface area contributed by atoms with Gasteiger partial charge in [0.1, 0.15) is 12.1 Å². The van der Waals surface area contributed by atoms with E-state index in [2.05, 4.69) is 65.5 Å². The molecule has 0 aliphatic carbocycles. The Morgan fingerprint density at radius 2 is 1.80 bits per heavy atom. The Morgan fingerprint density at radius 1 is 1.00 bits per heavy atom. The summed E-state index contributed by atoms with van der Waals surface area (Å²) >= 11 is 3.26. The van der Waals surface area contributed by atoms with Gasteiger partial charge >= 0.3 is 0 Å². The van der Waals surface area contributed by atoms with Crippen molar-refractivity contribution in [2.45, 2.75) is 0 Å². The fourth-order valence-electron chi connectivity index (χ4n) is 2.72. The predicted octanol–water partition coefficient (Wildman–Crippen LogP) is 3.01. The fraction of sp³-hybridized carbons (Fsp3) is 0.235. The first-order chi connectivity index (χ1) is 12.3. The summed E-state index contributed by atoms with van der Waals surface area (Å²) in [5, 5.41) is 7.57. The number of pyridine rings is 1. The van der Waals surface area contributed by atoms with Gasteiger partial charge < -0.3 is 15.0 Å². The molecule has 1 aliphatic rings. The van der Waals surface area contributed by atoms with Crippen molar-refractivity contribution in [3.63, 3.8) is 0 Å². The molecule has 128 valence electrons. The van der Waals surface area contributed by atoms with Gasteiger partial charge in [0.25, 0.3) is 0 Å². The first kappa shape index (κ1) is 16.0. The maximum absolute atomic E-state index is 5.40. The van der Waals surface area contributed by atoms with Gasteiger partial charge in [0.2, 0.25) is 4.73 Å². The lowest BCUT2D eigenvalue weighted by molar-refractivity contribution is 0.122. The molecule has 1 aliphatic heterocycles. The van der Waals surface area contributed by atoms with Gasteiger partial charge in [0.05, 0.1) is 18.9 Å². The molecular formula is C17H17BrN6O. The molecule has 0 unspecified atom stereocenters. The Labute approximate surface area is 153 Å². The monoisotopic (exact) mass is 400 g/mol. The van der Waals surface area contributed by atoms with Crippen LogP contribution in [0.4, 0.5) is 17.2 Å². The molecular weight excluding hydrogens is 384 g/mol. The first-order valence-corrected chi connectivity index (χ1v) is 8.81. The summed E-state index contributed by atoms with van der Waals surface area (Å²) in [6.07, 6.45) is 3.40. The topological polar surface area (TPSA) is 68.1 Å². The van der Waals surface area contributed by atoms with E-state index in [-0.39, 0.29) is 0 Å². The van der Waals surface area contributed by atoms with E-state index in [1.165, 1.54) is 5.69 Å². The Kier molecular flexibility index (Phi) is 4.62. The van der Waals surface area contributed by atoms with Crippen LogP contribution >= 0.6 is 15.9 Å². The van der Waals surface area contributed by atoms with E-state index in [9.17, 15) is 0 Å². The van der Waals surface area contributed by atoms with Crippen LogP contribution in [0.2, 0.25) is 0 Å². The minimum atomic E-state index is 0.553. The third-order valence-corrected chi connectivity index (χ3v) is 4.35. The number of nitrogens with one attached hydrogen (secondary N) is 1. The maximum atomic E-state index is 5.40. The lowest BCUT2D eigenvalue weighted by Crippen LogP contribution is -2.36. The SMILES string of the molecule is Brc1ncn(-c2ccnc(Nc3ccc(N4CCOCC4)cc3)c2)n1. The van der Waals surface area contributed by atoms with Gasteiger partial charge in [0, 0.05) is 36.7 Å². The summed E-state index contributed by atoms with van der Waals surface area (Å²) in [5.74, 6) is 0.753. The Balaban J connectivity index is 1.48. The van der Waals surface area contributed by atoms with Gasteiger partial charge in [-0.1, -0.05) is 0 Å². The van der Waals surface area contributed by atoms with Crippen molar-refractivity contribution < 1.29 is 4.74 Å². The normalized spacial score (nSPS) is 14.5. The van der Waals surface area contributed by atoms with Gasteiger partial charge in [-0.05, 0) is 46.3 Å². The van der Waals surface area contributed by atoms with Crippen LogP contribution in [0.5, 0.6) is 0 Å². The number of benzene rings is 1. The summed E-state index contributed by atoms with van der Waals surface area (Å²) in [6, 6.07) is 12.2. The standard InChI is InChI=1S/C17H17BrN6O/c18-17-20-12-24(22-17)15-5-6-19-16(11-15)21-13-1-3-14(4-2-13)23-7-9-25-10-8-23/h1-6,11-12H,7-10H2,(H,19,21). The summed E-state index contributed by atoms with van der Waals surface area (Å²) < 4.78 is 7.64. The molecule has 7 nitrogen and oxygen atoms in total. The molecule has 0 radical (unpaired) electrons. The van der Waals surface area contributed by atoms with Crippen molar-refractivity contribution in [3.05, 3.63) is 53.7 Å². The molecule has 0 amide bonds. The number of aromatic nitrogens is 4.